The number of nitrogens with zero attached hydrogens (tertiary/aromatic N) is 1. The van der Waals surface area contributed by atoms with Gasteiger partial charge in [0.2, 0.25) is 5.91 Å². The number of carbonyl (C=O) groups is 2. The quantitative estimate of drug-likeness (QED) is 0.492. The molecule has 0 radical (unpaired) electrons. The maximum atomic E-state index is 13.0. The van der Waals surface area contributed by atoms with Crippen LogP contribution in [0.3, 0.4) is 0 Å². The van der Waals surface area contributed by atoms with Gasteiger partial charge >= 0.3 is 5.97 Å². The summed E-state index contributed by atoms with van der Waals surface area (Å²) in [4.78, 5) is 26.8. The number of hydrogen-bond donors (Lipinski definition) is 2. The molecule has 0 saturated carbocycles. The molecule has 1 amide bonds. The van der Waals surface area contributed by atoms with Crippen LogP contribution in [0.2, 0.25) is 0 Å². The van der Waals surface area contributed by atoms with Crippen molar-refractivity contribution in [2.24, 2.45) is 5.92 Å². The summed E-state index contributed by atoms with van der Waals surface area (Å²) in [5.41, 5.74) is 1.96. The van der Waals surface area contributed by atoms with Crippen LogP contribution in [0.15, 0.2) is 48.5 Å². The third-order valence-corrected chi connectivity index (χ3v) is 6.23. The smallest absolute Gasteiger partial charge is 0.347 e. The van der Waals surface area contributed by atoms with Crippen molar-refractivity contribution in [2.45, 2.75) is 71.4 Å². The first-order valence-corrected chi connectivity index (χ1v) is 12.3. The molecule has 3 rings (SSSR count). The lowest BCUT2D eigenvalue weighted by atomic mass is 9.94. The average molecular weight is 467 g/mol. The Morgan fingerprint density at radius 3 is 2.29 bits per heavy atom. The van der Waals surface area contributed by atoms with Crippen molar-refractivity contribution in [3.8, 4) is 5.75 Å². The topological polar surface area (TPSA) is 78.9 Å². The lowest BCUT2D eigenvalue weighted by Gasteiger charge is -2.33. The van der Waals surface area contributed by atoms with Crippen molar-refractivity contribution in [1.29, 1.82) is 0 Å². The van der Waals surface area contributed by atoms with Crippen molar-refractivity contribution in [3.05, 3.63) is 59.7 Å². The van der Waals surface area contributed by atoms with Crippen LogP contribution < -0.4 is 15.0 Å². The summed E-state index contributed by atoms with van der Waals surface area (Å²) in [7, 11) is 0. The number of rotatable bonds is 10. The van der Waals surface area contributed by atoms with Gasteiger partial charge in [0.15, 0.2) is 5.60 Å². The van der Waals surface area contributed by atoms with Crippen LogP contribution in [0.5, 0.6) is 5.75 Å². The van der Waals surface area contributed by atoms with Gasteiger partial charge in [-0.05, 0) is 74.8 Å². The number of carbonyl (C=O) groups excluding carboxylic acids is 1. The van der Waals surface area contributed by atoms with E-state index < -0.39 is 11.6 Å². The van der Waals surface area contributed by atoms with E-state index in [0.29, 0.717) is 11.7 Å². The molecule has 2 aromatic rings. The molecule has 0 aromatic heterocycles. The van der Waals surface area contributed by atoms with Gasteiger partial charge in [0.25, 0.3) is 0 Å². The standard InChI is InChI=1S/C28H38N2O4/c1-20(2)18-24(23-10-6-7-11-25(23)30-16-8-5-9-17-30)29-26(31)19-21-12-14-22(15-13-21)34-28(3,4)27(32)33/h6-7,10-15,20,24H,5,8-9,16-19H2,1-4H3,(H,29,31)(H,32,33)/t24-/m0/s1. The number of hydrogen-bond acceptors (Lipinski definition) is 4. The fraction of sp³-hybridized carbons (Fsp3) is 0.500. The molecule has 1 heterocycles. The summed E-state index contributed by atoms with van der Waals surface area (Å²) < 4.78 is 5.56. The van der Waals surface area contributed by atoms with E-state index in [2.05, 4.69) is 48.3 Å². The van der Waals surface area contributed by atoms with Gasteiger partial charge in [-0.3, -0.25) is 4.79 Å². The highest BCUT2D eigenvalue weighted by Gasteiger charge is 2.29. The van der Waals surface area contributed by atoms with Gasteiger partial charge in [-0.25, -0.2) is 4.79 Å². The van der Waals surface area contributed by atoms with Gasteiger partial charge in [-0.1, -0.05) is 44.2 Å². The monoisotopic (exact) mass is 466 g/mol. The Kier molecular flexibility index (Phi) is 8.59. The fourth-order valence-electron chi connectivity index (χ4n) is 4.38. The number of para-hydroxylation sites is 1. The van der Waals surface area contributed by atoms with Crippen molar-refractivity contribution in [1.82, 2.24) is 5.32 Å². The molecule has 0 aliphatic carbocycles. The van der Waals surface area contributed by atoms with Crippen LogP contribution in [0, 0.1) is 5.92 Å². The first kappa shape index (κ1) is 25.6. The maximum Gasteiger partial charge on any atom is 0.347 e. The predicted octanol–water partition coefficient (Wildman–Crippen LogP) is 5.37. The summed E-state index contributed by atoms with van der Waals surface area (Å²) in [5.74, 6) is -0.158. The van der Waals surface area contributed by atoms with Crippen LogP contribution in [0.25, 0.3) is 0 Å². The third-order valence-electron chi connectivity index (χ3n) is 6.23. The molecule has 6 nitrogen and oxygen atoms in total. The second-order valence-corrected chi connectivity index (χ2v) is 10.1. The maximum absolute atomic E-state index is 13.0. The second kappa shape index (κ2) is 11.4. The first-order valence-electron chi connectivity index (χ1n) is 12.3. The zero-order chi connectivity index (χ0) is 24.7. The third kappa shape index (κ3) is 6.99. The van der Waals surface area contributed by atoms with Crippen LogP contribution >= 0.6 is 0 Å². The number of aliphatic carboxylic acids is 1. The van der Waals surface area contributed by atoms with Crippen LogP contribution in [-0.2, 0) is 16.0 Å². The summed E-state index contributed by atoms with van der Waals surface area (Å²) in [6.07, 6.45) is 4.82. The van der Waals surface area contributed by atoms with Gasteiger partial charge in [-0.2, -0.15) is 0 Å². The lowest BCUT2D eigenvalue weighted by molar-refractivity contribution is -0.152. The van der Waals surface area contributed by atoms with E-state index in [1.54, 1.807) is 12.1 Å². The van der Waals surface area contributed by atoms with E-state index in [1.807, 2.05) is 12.1 Å². The molecular weight excluding hydrogens is 428 g/mol. The largest absolute Gasteiger partial charge is 0.478 e. The van der Waals surface area contributed by atoms with E-state index in [-0.39, 0.29) is 18.4 Å². The molecule has 1 fully saturated rings. The highest BCUT2D eigenvalue weighted by molar-refractivity contribution is 5.79. The van der Waals surface area contributed by atoms with Gasteiger partial charge in [-0.15, -0.1) is 0 Å². The Balaban J connectivity index is 1.70. The van der Waals surface area contributed by atoms with E-state index >= 15 is 0 Å². The highest BCUT2D eigenvalue weighted by atomic mass is 16.5. The summed E-state index contributed by atoms with van der Waals surface area (Å²) >= 11 is 0. The van der Waals surface area contributed by atoms with E-state index in [0.717, 1.165) is 25.1 Å². The zero-order valence-corrected chi connectivity index (χ0v) is 20.8. The van der Waals surface area contributed by atoms with Crippen LogP contribution in [0.1, 0.15) is 70.5 Å². The van der Waals surface area contributed by atoms with Gasteiger partial charge in [0.05, 0.1) is 12.5 Å². The Morgan fingerprint density at radius 1 is 1.03 bits per heavy atom. The normalized spacial score (nSPS) is 15.1. The van der Waals surface area contributed by atoms with E-state index in [9.17, 15) is 14.7 Å². The van der Waals surface area contributed by atoms with Crippen LogP contribution in [-0.4, -0.2) is 35.7 Å². The number of ether oxygens (including phenoxy) is 1. The van der Waals surface area contributed by atoms with Gasteiger partial charge < -0.3 is 20.1 Å². The minimum atomic E-state index is -1.31. The minimum Gasteiger partial charge on any atom is -0.478 e. The SMILES string of the molecule is CC(C)C[C@H](NC(=O)Cc1ccc(OC(C)(C)C(=O)O)cc1)c1ccccc1N1CCCCC1. The number of amides is 1. The molecule has 6 heteroatoms. The molecule has 2 N–H and O–H groups in total. The van der Waals surface area contributed by atoms with Gasteiger partial charge in [0.1, 0.15) is 5.75 Å². The van der Waals surface area contributed by atoms with Crippen molar-refractivity contribution >= 4 is 17.6 Å². The van der Waals surface area contributed by atoms with E-state index in [1.165, 1.54) is 44.4 Å². The molecule has 184 valence electrons. The summed E-state index contributed by atoms with van der Waals surface area (Å²) in [6, 6.07) is 15.5. The number of carboxylic acid groups (broad SMARTS) is 1. The Labute approximate surface area is 203 Å². The molecule has 1 aliphatic rings. The molecule has 34 heavy (non-hydrogen) atoms. The molecule has 0 bridgehead atoms. The van der Waals surface area contributed by atoms with E-state index in [4.69, 9.17) is 4.74 Å². The molecule has 2 aromatic carbocycles. The molecular formula is C28H38N2O4. The minimum absolute atomic E-state index is 0.0290. The fourth-order valence-corrected chi connectivity index (χ4v) is 4.38. The second-order valence-electron chi connectivity index (χ2n) is 10.1. The predicted molar refractivity (Wildman–Crippen MR) is 135 cm³/mol. The zero-order valence-electron chi connectivity index (χ0n) is 20.8. The summed E-state index contributed by atoms with van der Waals surface area (Å²) in [6.45, 7) is 9.50. The van der Waals surface area contributed by atoms with Crippen molar-refractivity contribution in [3.63, 3.8) is 0 Å². The Bertz CT molecular complexity index is 963. The van der Waals surface area contributed by atoms with Crippen LogP contribution in [0.4, 0.5) is 5.69 Å². The number of nitrogens with one attached hydrogen (secondary N) is 1. The average Bonchev–Trinajstić information content (AvgIpc) is 2.80. The molecule has 1 aliphatic heterocycles. The molecule has 1 atom stereocenters. The van der Waals surface area contributed by atoms with Crippen molar-refractivity contribution in [2.75, 3.05) is 18.0 Å². The Morgan fingerprint density at radius 2 is 1.68 bits per heavy atom. The number of carboxylic acids is 1. The lowest BCUT2D eigenvalue weighted by Crippen LogP contribution is -2.37. The summed E-state index contributed by atoms with van der Waals surface area (Å²) in [5, 5.41) is 12.5. The molecule has 0 spiro atoms. The Hall–Kier alpha value is -3.02. The number of benzene rings is 2. The molecule has 1 saturated heterocycles. The van der Waals surface area contributed by atoms with Gasteiger partial charge in [0, 0.05) is 18.8 Å². The number of piperidine rings is 1. The van der Waals surface area contributed by atoms with Crippen molar-refractivity contribution < 1.29 is 19.4 Å². The number of anilines is 1. The first-order chi connectivity index (χ1) is 16.2. The highest BCUT2D eigenvalue weighted by Crippen LogP contribution is 2.32. The molecule has 0 unspecified atom stereocenters.